The standard InChI is InChI=1S/C13H28OSi.C7H13I/c1-6-7-8-9-10-11-15(14,12(2)3)13(4)5;1-2-3-4-5-6-7-8/h10-14H,6-9H2,1-5H3;6-7H,2-5H2,1H3/b11-10-;7-6-. The number of hydrogen-bond acceptors (Lipinski definition) is 1. The maximum Gasteiger partial charge on any atom is 0.217 e. The minimum absolute atomic E-state index is 0.417. The molecule has 0 aliphatic carbocycles. The second kappa shape index (κ2) is 17.2. The summed E-state index contributed by atoms with van der Waals surface area (Å²) in [4.78, 5) is 10.6. The largest absolute Gasteiger partial charge is 0.427 e. The highest BCUT2D eigenvalue weighted by Gasteiger charge is 2.35. The van der Waals surface area contributed by atoms with E-state index in [1.165, 1.54) is 44.9 Å². The monoisotopic (exact) mass is 452 g/mol. The first-order valence-electron chi connectivity index (χ1n) is 9.51. The SMILES string of the molecule is CCCCC/C=C\I.CCCCC/C=C\[Si](O)(C(C)C)C(C)C. The maximum atomic E-state index is 10.6. The molecule has 0 spiro atoms. The normalized spacial score (nSPS) is 12.4. The number of allylic oxidation sites excluding steroid dienone is 2. The van der Waals surface area contributed by atoms with Crippen LogP contribution in [0.25, 0.3) is 0 Å². The molecular weight excluding hydrogens is 411 g/mol. The summed E-state index contributed by atoms with van der Waals surface area (Å²) in [5, 5.41) is 0. The summed E-state index contributed by atoms with van der Waals surface area (Å²) in [7, 11) is -2.14. The van der Waals surface area contributed by atoms with Crippen molar-refractivity contribution in [2.45, 2.75) is 104 Å². The van der Waals surface area contributed by atoms with Gasteiger partial charge in [0.2, 0.25) is 8.32 Å². The fraction of sp³-hybridized carbons (Fsp3) is 0.800. The molecule has 0 fully saturated rings. The molecule has 0 aromatic heterocycles. The molecule has 0 rings (SSSR count). The van der Waals surface area contributed by atoms with Crippen LogP contribution < -0.4 is 0 Å². The van der Waals surface area contributed by atoms with Gasteiger partial charge in [-0.25, -0.2) is 0 Å². The molecule has 0 atom stereocenters. The summed E-state index contributed by atoms with van der Waals surface area (Å²) in [6.07, 6.45) is 14.7. The first-order chi connectivity index (χ1) is 10.9. The van der Waals surface area contributed by atoms with Crippen LogP contribution in [0.1, 0.15) is 92.9 Å². The first-order valence-corrected chi connectivity index (χ1v) is 12.9. The lowest BCUT2D eigenvalue weighted by atomic mass is 10.2. The number of unbranched alkanes of at least 4 members (excludes halogenated alkanes) is 6. The molecule has 1 nitrogen and oxygen atoms in total. The predicted molar refractivity (Wildman–Crippen MR) is 119 cm³/mol. The van der Waals surface area contributed by atoms with Crippen molar-refractivity contribution < 1.29 is 4.80 Å². The average molecular weight is 453 g/mol. The van der Waals surface area contributed by atoms with Crippen molar-refractivity contribution in [1.82, 2.24) is 0 Å². The van der Waals surface area contributed by atoms with Gasteiger partial charge in [0.15, 0.2) is 0 Å². The van der Waals surface area contributed by atoms with Crippen molar-refractivity contribution in [3.63, 3.8) is 0 Å². The van der Waals surface area contributed by atoms with Crippen LogP contribution in [-0.4, -0.2) is 13.1 Å². The molecule has 0 aliphatic rings. The third-order valence-corrected chi connectivity index (χ3v) is 9.25. The van der Waals surface area contributed by atoms with Gasteiger partial charge in [-0.05, 0) is 40.8 Å². The predicted octanol–water partition coefficient (Wildman–Crippen LogP) is 7.94. The summed E-state index contributed by atoms with van der Waals surface area (Å²) in [6.45, 7) is 13.0. The molecule has 0 saturated heterocycles. The summed E-state index contributed by atoms with van der Waals surface area (Å²) in [5.41, 5.74) is 2.98. The lowest BCUT2D eigenvalue weighted by molar-refractivity contribution is 0.511. The van der Waals surface area contributed by atoms with E-state index in [1.54, 1.807) is 0 Å². The van der Waals surface area contributed by atoms with Crippen LogP contribution in [0, 0.1) is 0 Å². The zero-order chi connectivity index (χ0) is 18.1. The minimum atomic E-state index is -2.14. The third-order valence-electron chi connectivity index (χ3n) is 4.27. The Morgan fingerprint density at radius 3 is 1.61 bits per heavy atom. The Hall–Kier alpha value is 0.387. The molecule has 3 heteroatoms. The van der Waals surface area contributed by atoms with Crippen molar-refractivity contribution in [3.8, 4) is 0 Å². The third kappa shape index (κ3) is 14.4. The molecule has 0 saturated carbocycles. The van der Waals surface area contributed by atoms with E-state index in [9.17, 15) is 4.80 Å². The molecule has 1 N–H and O–H groups in total. The summed E-state index contributed by atoms with van der Waals surface area (Å²) in [5.74, 6) is 0. The van der Waals surface area contributed by atoms with E-state index >= 15 is 0 Å². The smallest absolute Gasteiger partial charge is 0.217 e. The van der Waals surface area contributed by atoms with Gasteiger partial charge in [-0.3, -0.25) is 0 Å². The van der Waals surface area contributed by atoms with Gasteiger partial charge in [-0.15, -0.1) is 0 Å². The van der Waals surface area contributed by atoms with Crippen molar-refractivity contribution in [2.75, 3.05) is 0 Å². The molecule has 0 bridgehead atoms. The summed E-state index contributed by atoms with van der Waals surface area (Å²) < 4.78 is 2.09. The highest BCUT2D eigenvalue weighted by atomic mass is 127. The quantitative estimate of drug-likeness (QED) is 0.192. The van der Waals surface area contributed by atoms with Crippen LogP contribution in [0.3, 0.4) is 0 Å². The van der Waals surface area contributed by atoms with Gasteiger partial charge in [0, 0.05) is 0 Å². The van der Waals surface area contributed by atoms with Gasteiger partial charge in [0.1, 0.15) is 0 Å². The van der Waals surface area contributed by atoms with Gasteiger partial charge in [0.05, 0.1) is 0 Å². The second-order valence-electron chi connectivity index (χ2n) is 6.95. The lowest BCUT2D eigenvalue weighted by Gasteiger charge is -2.29. The zero-order valence-corrected chi connectivity index (χ0v) is 19.6. The van der Waals surface area contributed by atoms with E-state index in [1.807, 2.05) is 0 Å². The Kier molecular flexibility index (Phi) is 19.2. The van der Waals surface area contributed by atoms with E-state index in [4.69, 9.17) is 0 Å². The molecule has 0 amide bonds. The van der Waals surface area contributed by atoms with E-state index < -0.39 is 8.32 Å². The van der Waals surface area contributed by atoms with Crippen molar-refractivity contribution >= 4 is 30.9 Å². The van der Waals surface area contributed by atoms with Crippen LogP contribution in [0.2, 0.25) is 11.1 Å². The minimum Gasteiger partial charge on any atom is -0.427 e. The Balaban J connectivity index is 0. The molecule has 0 aromatic rings. The fourth-order valence-electron chi connectivity index (χ4n) is 2.41. The van der Waals surface area contributed by atoms with Crippen LogP contribution in [0.4, 0.5) is 0 Å². The molecule has 23 heavy (non-hydrogen) atoms. The summed E-state index contributed by atoms with van der Waals surface area (Å²) in [6, 6.07) is 0. The van der Waals surface area contributed by atoms with Crippen LogP contribution in [-0.2, 0) is 0 Å². The van der Waals surface area contributed by atoms with Crippen molar-refractivity contribution in [1.29, 1.82) is 0 Å². The second-order valence-corrected chi connectivity index (χ2v) is 12.1. The van der Waals surface area contributed by atoms with Crippen molar-refractivity contribution in [3.05, 3.63) is 21.9 Å². The Bertz CT molecular complexity index is 290. The highest BCUT2D eigenvalue weighted by Crippen LogP contribution is 2.30. The molecular formula is C20H41IOSi. The number of halogens is 1. The van der Waals surface area contributed by atoms with E-state index in [0.717, 1.165) is 6.42 Å². The molecule has 0 radical (unpaired) electrons. The summed E-state index contributed by atoms with van der Waals surface area (Å²) >= 11 is 2.26. The molecule has 0 aliphatic heterocycles. The van der Waals surface area contributed by atoms with E-state index in [2.05, 4.69) is 86.1 Å². The lowest BCUT2D eigenvalue weighted by Crippen LogP contribution is -2.39. The first kappa shape index (κ1) is 25.6. The average Bonchev–Trinajstić information content (AvgIpc) is 2.51. The molecule has 138 valence electrons. The number of hydrogen-bond donors (Lipinski definition) is 1. The van der Waals surface area contributed by atoms with Crippen molar-refractivity contribution in [2.24, 2.45) is 0 Å². The van der Waals surface area contributed by atoms with Gasteiger partial charge in [-0.2, -0.15) is 0 Å². The molecule has 0 unspecified atom stereocenters. The van der Waals surface area contributed by atoms with Gasteiger partial charge in [0.25, 0.3) is 0 Å². The molecule has 0 aromatic carbocycles. The highest BCUT2D eigenvalue weighted by molar-refractivity contribution is 14.1. The van der Waals surface area contributed by atoms with E-state index in [-0.39, 0.29) is 0 Å². The number of rotatable bonds is 11. The van der Waals surface area contributed by atoms with Crippen LogP contribution in [0.5, 0.6) is 0 Å². The Morgan fingerprint density at radius 2 is 1.26 bits per heavy atom. The van der Waals surface area contributed by atoms with Crippen LogP contribution in [0.15, 0.2) is 21.9 Å². The Labute approximate surface area is 161 Å². The maximum absolute atomic E-state index is 10.6. The van der Waals surface area contributed by atoms with E-state index in [0.29, 0.717) is 11.1 Å². The van der Waals surface area contributed by atoms with Gasteiger partial charge < -0.3 is 4.80 Å². The fourth-order valence-corrected chi connectivity index (χ4v) is 5.42. The Morgan fingerprint density at radius 1 is 0.826 bits per heavy atom. The zero-order valence-electron chi connectivity index (χ0n) is 16.4. The van der Waals surface area contributed by atoms with Gasteiger partial charge >= 0.3 is 0 Å². The topological polar surface area (TPSA) is 20.2 Å². The van der Waals surface area contributed by atoms with Gasteiger partial charge in [-0.1, -0.05) is 108 Å². The van der Waals surface area contributed by atoms with Crippen LogP contribution >= 0.6 is 22.6 Å². The molecule has 0 heterocycles.